The lowest BCUT2D eigenvalue weighted by molar-refractivity contribution is -0.121. The molecule has 0 bridgehead atoms. The van der Waals surface area contributed by atoms with Crippen molar-refractivity contribution >= 4 is 23.5 Å². The van der Waals surface area contributed by atoms with Gasteiger partial charge in [-0.05, 0) is 53.9 Å². The van der Waals surface area contributed by atoms with Gasteiger partial charge >= 0.3 is 6.03 Å². The first kappa shape index (κ1) is 22.5. The normalized spacial score (nSPS) is 11.4. The van der Waals surface area contributed by atoms with E-state index in [9.17, 15) is 18.8 Å². The molecule has 0 fully saturated rings. The van der Waals surface area contributed by atoms with Crippen LogP contribution < -0.4 is 21.7 Å². The van der Waals surface area contributed by atoms with Crippen LogP contribution in [0.25, 0.3) is 0 Å². The Hall–Kier alpha value is -4.14. The molecule has 0 radical (unpaired) electrons. The Balaban J connectivity index is 1.48. The molecular weight excluding hydrogens is 415 g/mol. The van der Waals surface area contributed by atoms with Gasteiger partial charge in [-0.2, -0.15) is 0 Å². The molecule has 2 aromatic carbocycles. The van der Waals surface area contributed by atoms with Gasteiger partial charge in [0, 0.05) is 18.8 Å². The number of nitrogens with one attached hydrogen (secondary N) is 3. The second kappa shape index (κ2) is 10.8. The molecule has 0 aliphatic rings. The van der Waals surface area contributed by atoms with Gasteiger partial charge in [0.25, 0.3) is 5.91 Å². The van der Waals surface area contributed by atoms with Gasteiger partial charge in [0.15, 0.2) is 5.76 Å². The standard InChI is InChI=1S/C23H23FN4O4/c24-18-8-6-15(7-9-18)11-17(21(25)29)14-27-23(31)26-13-16-3-1-4-19(12-16)28-22(30)20-5-2-10-32-20/h1-10,12,17H,11,13-14H2,(H2,25,29)(H,28,30)(H2,26,27,31). The van der Waals surface area contributed by atoms with Crippen LogP contribution in [0.2, 0.25) is 0 Å². The molecule has 32 heavy (non-hydrogen) atoms. The van der Waals surface area contributed by atoms with Gasteiger partial charge in [-0.25, -0.2) is 9.18 Å². The number of anilines is 1. The zero-order valence-electron chi connectivity index (χ0n) is 17.1. The van der Waals surface area contributed by atoms with Gasteiger partial charge in [0.2, 0.25) is 5.91 Å². The summed E-state index contributed by atoms with van der Waals surface area (Å²) in [5.74, 6) is -1.75. The molecule has 1 aromatic heterocycles. The van der Waals surface area contributed by atoms with E-state index in [2.05, 4.69) is 16.0 Å². The van der Waals surface area contributed by atoms with Crippen molar-refractivity contribution in [2.24, 2.45) is 11.7 Å². The van der Waals surface area contributed by atoms with E-state index in [1.807, 2.05) is 0 Å². The number of benzene rings is 2. The smallest absolute Gasteiger partial charge is 0.315 e. The SMILES string of the molecule is NC(=O)C(CNC(=O)NCc1cccc(NC(=O)c2ccco2)c1)Cc1ccc(F)cc1. The summed E-state index contributed by atoms with van der Waals surface area (Å²) in [7, 11) is 0. The van der Waals surface area contributed by atoms with E-state index in [1.165, 1.54) is 18.4 Å². The van der Waals surface area contributed by atoms with Crippen molar-refractivity contribution in [3.8, 4) is 0 Å². The lowest BCUT2D eigenvalue weighted by Crippen LogP contribution is -2.41. The predicted octanol–water partition coefficient (Wildman–Crippen LogP) is 2.81. The van der Waals surface area contributed by atoms with Crippen molar-refractivity contribution in [2.75, 3.05) is 11.9 Å². The summed E-state index contributed by atoms with van der Waals surface area (Å²) in [6, 6.07) is 15.4. The number of amides is 4. The summed E-state index contributed by atoms with van der Waals surface area (Å²) in [5, 5.41) is 8.03. The molecular formula is C23H23FN4O4. The number of hydrogen-bond acceptors (Lipinski definition) is 4. The number of hydrogen-bond donors (Lipinski definition) is 4. The van der Waals surface area contributed by atoms with Crippen molar-refractivity contribution < 1.29 is 23.2 Å². The maximum absolute atomic E-state index is 13.0. The van der Waals surface area contributed by atoms with Crippen molar-refractivity contribution in [1.29, 1.82) is 0 Å². The fraction of sp³-hybridized carbons (Fsp3) is 0.174. The molecule has 0 saturated carbocycles. The zero-order chi connectivity index (χ0) is 22.9. The van der Waals surface area contributed by atoms with Gasteiger partial charge < -0.3 is 26.1 Å². The summed E-state index contributed by atoms with van der Waals surface area (Å²) in [6.07, 6.45) is 1.70. The van der Waals surface area contributed by atoms with Crippen LogP contribution in [-0.4, -0.2) is 24.4 Å². The van der Waals surface area contributed by atoms with Crippen LogP contribution in [-0.2, 0) is 17.8 Å². The van der Waals surface area contributed by atoms with Crippen LogP contribution in [0.4, 0.5) is 14.9 Å². The third kappa shape index (κ3) is 6.69. The first-order chi connectivity index (χ1) is 15.4. The number of furan rings is 1. The predicted molar refractivity (Wildman–Crippen MR) is 116 cm³/mol. The molecule has 3 aromatic rings. The lowest BCUT2D eigenvalue weighted by Gasteiger charge is -2.15. The highest BCUT2D eigenvalue weighted by molar-refractivity contribution is 6.02. The van der Waals surface area contributed by atoms with Crippen LogP contribution >= 0.6 is 0 Å². The van der Waals surface area contributed by atoms with Crippen LogP contribution in [0.15, 0.2) is 71.3 Å². The molecule has 0 spiro atoms. The van der Waals surface area contributed by atoms with Gasteiger partial charge in [-0.1, -0.05) is 24.3 Å². The lowest BCUT2D eigenvalue weighted by atomic mass is 9.98. The van der Waals surface area contributed by atoms with Crippen LogP contribution in [0.3, 0.4) is 0 Å². The fourth-order valence-corrected chi connectivity index (χ4v) is 3.00. The second-order valence-corrected chi connectivity index (χ2v) is 7.13. The first-order valence-electron chi connectivity index (χ1n) is 9.90. The minimum atomic E-state index is -0.633. The largest absolute Gasteiger partial charge is 0.459 e. The molecule has 0 saturated heterocycles. The summed E-state index contributed by atoms with van der Waals surface area (Å²) in [6.45, 7) is 0.243. The third-order valence-electron chi connectivity index (χ3n) is 4.69. The Morgan fingerprint density at radius 1 is 0.969 bits per heavy atom. The van der Waals surface area contributed by atoms with Gasteiger partial charge in [0.05, 0.1) is 12.2 Å². The molecule has 9 heteroatoms. The molecule has 1 unspecified atom stereocenters. The molecule has 1 atom stereocenters. The highest BCUT2D eigenvalue weighted by Gasteiger charge is 2.17. The number of carbonyl (C=O) groups excluding carboxylic acids is 3. The minimum absolute atomic E-state index is 0.0395. The van der Waals surface area contributed by atoms with E-state index in [1.54, 1.807) is 48.5 Å². The third-order valence-corrected chi connectivity index (χ3v) is 4.69. The van der Waals surface area contributed by atoms with E-state index in [4.69, 9.17) is 10.2 Å². The van der Waals surface area contributed by atoms with Crippen molar-refractivity contribution in [1.82, 2.24) is 10.6 Å². The van der Waals surface area contributed by atoms with Crippen molar-refractivity contribution in [3.05, 3.63) is 89.6 Å². The van der Waals surface area contributed by atoms with E-state index in [0.29, 0.717) is 5.69 Å². The summed E-state index contributed by atoms with van der Waals surface area (Å²) >= 11 is 0. The quantitative estimate of drug-likeness (QED) is 0.410. The van der Waals surface area contributed by atoms with Crippen molar-refractivity contribution in [3.63, 3.8) is 0 Å². The number of primary amides is 1. The number of nitrogens with two attached hydrogens (primary N) is 1. The Morgan fingerprint density at radius 2 is 1.75 bits per heavy atom. The molecule has 3 rings (SSSR count). The van der Waals surface area contributed by atoms with E-state index in [0.717, 1.165) is 11.1 Å². The Morgan fingerprint density at radius 3 is 2.44 bits per heavy atom. The highest BCUT2D eigenvalue weighted by atomic mass is 19.1. The molecule has 0 aliphatic carbocycles. The summed E-state index contributed by atoms with van der Waals surface area (Å²) < 4.78 is 18.1. The monoisotopic (exact) mass is 438 g/mol. The Bertz CT molecular complexity index is 1070. The molecule has 0 aliphatic heterocycles. The zero-order valence-corrected chi connectivity index (χ0v) is 17.1. The van der Waals surface area contributed by atoms with Crippen LogP contribution in [0.1, 0.15) is 21.7 Å². The summed E-state index contributed by atoms with van der Waals surface area (Å²) in [5.41, 5.74) is 7.49. The fourth-order valence-electron chi connectivity index (χ4n) is 3.00. The topological polar surface area (TPSA) is 126 Å². The number of urea groups is 1. The first-order valence-corrected chi connectivity index (χ1v) is 9.90. The minimum Gasteiger partial charge on any atom is -0.459 e. The molecule has 166 valence electrons. The molecule has 8 nitrogen and oxygen atoms in total. The van der Waals surface area contributed by atoms with Gasteiger partial charge in [-0.15, -0.1) is 0 Å². The van der Waals surface area contributed by atoms with E-state index >= 15 is 0 Å². The Labute approximate surface area is 184 Å². The van der Waals surface area contributed by atoms with E-state index in [-0.39, 0.29) is 37.0 Å². The average molecular weight is 438 g/mol. The molecule has 5 N–H and O–H groups in total. The van der Waals surface area contributed by atoms with E-state index < -0.39 is 17.9 Å². The van der Waals surface area contributed by atoms with Gasteiger partial charge in [0.1, 0.15) is 5.82 Å². The molecule has 1 heterocycles. The summed E-state index contributed by atoms with van der Waals surface area (Å²) in [4.78, 5) is 35.9. The molecule has 4 amide bonds. The maximum atomic E-state index is 13.0. The Kier molecular flexibility index (Phi) is 7.58. The second-order valence-electron chi connectivity index (χ2n) is 7.13. The number of rotatable bonds is 9. The van der Waals surface area contributed by atoms with Crippen LogP contribution in [0, 0.1) is 11.7 Å². The van der Waals surface area contributed by atoms with Gasteiger partial charge in [-0.3, -0.25) is 9.59 Å². The average Bonchev–Trinajstić information content (AvgIpc) is 3.32. The highest BCUT2D eigenvalue weighted by Crippen LogP contribution is 2.13. The number of carbonyl (C=O) groups is 3. The maximum Gasteiger partial charge on any atom is 0.315 e. The van der Waals surface area contributed by atoms with Crippen molar-refractivity contribution in [2.45, 2.75) is 13.0 Å². The number of halogens is 1. The van der Waals surface area contributed by atoms with Crippen LogP contribution in [0.5, 0.6) is 0 Å².